The van der Waals surface area contributed by atoms with Crippen LogP contribution >= 0.6 is 12.2 Å². The Kier molecular flexibility index (Phi) is 4.43. The molecule has 1 aliphatic carbocycles. The number of hydrogen-bond donors (Lipinski definition) is 2. The third-order valence-electron chi connectivity index (χ3n) is 4.30. The van der Waals surface area contributed by atoms with Gasteiger partial charge in [-0.3, -0.25) is 4.79 Å². The minimum absolute atomic E-state index is 0.0807. The van der Waals surface area contributed by atoms with Crippen molar-refractivity contribution in [2.75, 3.05) is 0 Å². The fraction of sp³-hybridized carbons (Fsp3) is 0.500. The van der Waals surface area contributed by atoms with E-state index in [1.807, 2.05) is 32.0 Å². The van der Waals surface area contributed by atoms with Crippen LogP contribution in [0.5, 0.6) is 0 Å². The molecule has 4 heteroatoms. The minimum atomic E-state index is -0.497. The molecule has 3 nitrogen and oxygen atoms in total. The highest BCUT2D eigenvalue weighted by molar-refractivity contribution is 7.80. The maximum atomic E-state index is 12.5. The second kappa shape index (κ2) is 5.92. The molecule has 1 aliphatic rings. The first-order valence-corrected chi connectivity index (χ1v) is 7.55. The van der Waals surface area contributed by atoms with Gasteiger partial charge in [-0.1, -0.05) is 37.5 Å². The maximum Gasteiger partial charge on any atom is 0.252 e. The molecule has 1 aromatic rings. The summed E-state index contributed by atoms with van der Waals surface area (Å²) in [6.45, 7) is 4.05. The molecule has 0 unspecified atom stereocenters. The zero-order valence-corrected chi connectivity index (χ0v) is 13.0. The van der Waals surface area contributed by atoms with Crippen LogP contribution in [0.15, 0.2) is 18.2 Å². The highest BCUT2D eigenvalue weighted by Gasteiger charge is 2.36. The van der Waals surface area contributed by atoms with E-state index in [-0.39, 0.29) is 5.91 Å². The van der Waals surface area contributed by atoms with Crippen molar-refractivity contribution in [1.29, 1.82) is 0 Å². The van der Waals surface area contributed by atoms with E-state index in [1.54, 1.807) is 0 Å². The van der Waals surface area contributed by atoms with Gasteiger partial charge in [-0.15, -0.1) is 0 Å². The lowest BCUT2D eigenvalue weighted by molar-refractivity contribution is 0.0908. The molecule has 0 heterocycles. The number of amides is 1. The first kappa shape index (κ1) is 15.0. The van der Waals surface area contributed by atoms with E-state index in [9.17, 15) is 4.79 Å². The molecule has 3 N–H and O–H groups in total. The van der Waals surface area contributed by atoms with Crippen LogP contribution in [0, 0.1) is 13.8 Å². The Hall–Kier alpha value is -1.42. The van der Waals surface area contributed by atoms with Crippen LogP contribution in [0.2, 0.25) is 0 Å². The molecule has 108 valence electrons. The van der Waals surface area contributed by atoms with E-state index >= 15 is 0 Å². The normalized spacial score (nSPS) is 17.5. The van der Waals surface area contributed by atoms with Crippen LogP contribution in [0.1, 0.15) is 53.6 Å². The summed E-state index contributed by atoms with van der Waals surface area (Å²) in [5.41, 5.74) is 8.38. The van der Waals surface area contributed by atoms with Crippen molar-refractivity contribution in [2.24, 2.45) is 5.73 Å². The van der Waals surface area contributed by atoms with Crippen molar-refractivity contribution < 1.29 is 4.79 Å². The molecule has 1 aromatic carbocycles. The summed E-state index contributed by atoms with van der Waals surface area (Å²) in [6.07, 6.45) is 5.00. The molecular weight excluding hydrogens is 268 g/mol. The largest absolute Gasteiger partial charge is 0.391 e. The van der Waals surface area contributed by atoms with Gasteiger partial charge in [0.15, 0.2) is 0 Å². The monoisotopic (exact) mass is 290 g/mol. The minimum Gasteiger partial charge on any atom is -0.391 e. The highest BCUT2D eigenvalue weighted by atomic mass is 32.1. The lowest BCUT2D eigenvalue weighted by Gasteiger charge is -2.37. The standard InChI is InChI=1S/C16H22N2OS/c1-11-6-7-13(10-12(11)2)14(19)18-16(15(17)20)8-4-3-5-9-16/h6-7,10H,3-5,8-9H2,1-2H3,(H2,17,20)(H,18,19). The van der Waals surface area contributed by atoms with E-state index < -0.39 is 5.54 Å². The summed E-state index contributed by atoms with van der Waals surface area (Å²) in [5, 5.41) is 3.09. The summed E-state index contributed by atoms with van der Waals surface area (Å²) >= 11 is 5.21. The molecule has 1 fully saturated rings. The lowest BCUT2D eigenvalue weighted by atomic mass is 9.81. The molecule has 0 aliphatic heterocycles. The van der Waals surface area contributed by atoms with Crippen molar-refractivity contribution in [3.63, 3.8) is 0 Å². The second-order valence-electron chi connectivity index (χ2n) is 5.76. The molecule has 0 radical (unpaired) electrons. The number of nitrogens with two attached hydrogens (primary N) is 1. The van der Waals surface area contributed by atoms with Crippen LogP contribution in [0.4, 0.5) is 0 Å². The van der Waals surface area contributed by atoms with Gasteiger partial charge in [0.05, 0.1) is 10.5 Å². The average molecular weight is 290 g/mol. The number of benzene rings is 1. The predicted octanol–water partition coefficient (Wildman–Crippen LogP) is 3.02. The van der Waals surface area contributed by atoms with Crippen LogP contribution in [0.25, 0.3) is 0 Å². The smallest absolute Gasteiger partial charge is 0.252 e. The van der Waals surface area contributed by atoms with E-state index in [1.165, 1.54) is 12.0 Å². The molecule has 20 heavy (non-hydrogen) atoms. The Morgan fingerprint density at radius 2 is 1.85 bits per heavy atom. The van der Waals surface area contributed by atoms with Gasteiger partial charge in [0.1, 0.15) is 0 Å². The Morgan fingerprint density at radius 1 is 1.20 bits per heavy atom. The molecule has 1 amide bonds. The molecule has 2 rings (SSSR count). The van der Waals surface area contributed by atoms with Crippen molar-refractivity contribution >= 4 is 23.1 Å². The van der Waals surface area contributed by atoms with Gasteiger partial charge in [-0.25, -0.2) is 0 Å². The third kappa shape index (κ3) is 3.01. The Bertz CT molecular complexity index is 533. The van der Waals surface area contributed by atoms with Crippen LogP contribution in [0.3, 0.4) is 0 Å². The summed E-state index contributed by atoms with van der Waals surface area (Å²) in [6, 6.07) is 5.74. The molecular formula is C16H22N2OS. The lowest BCUT2D eigenvalue weighted by Crippen LogP contribution is -2.57. The van der Waals surface area contributed by atoms with Gasteiger partial charge in [0.2, 0.25) is 0 Å². The number of thiocarbonyl (C=S) groups is 1. The molecule has 0 atom stereocenters. The van der Waals surface area contributed by atoms with Gasteiger partial charge in [-0.05, 0) is 49.9 Å². The van der Waals surface area contributed by atoms with Crippen molar-refractivity contribution in [3.8, 4) is 0 Å². The Morgan fingerprint density at radius 3 is 2.40 bits per heavy atom. The number of carbonyl (C=O) groups excluding carboxylic acids is 1. The molecule has 0 spiro atoms. The van der Waals surface area contributed by atoms with Crippen LogP contribution in [-0.4, -0.2) is 16.4 Å². The summed E-state index contributed by atoms with van der Waals surface area (Å²) in [7, 11) is 0. The Balaban J connectivity index is 2.20. The zero-order chi connectivity index (χ0) is 14.8. The van der Waals surface area contributed by atoms with E-state index in [0.29, 0.717) is 10.6 Å². The molecule has 0 aromatic heterocycles. The topological polar surface area (TPSA) is 55.1 Å². The number of carbonyl (C=O) groups is 1. The molecule has 0 bridgehead atoms. The van der Waals surface area contributed by atoms with Gasteiger partial charge < -0.3 is 11.1 Å². The zero-order valence-electron chi connectivity index (χ0n) is 12.2. The predicted molar refractivity (Wildman–Crippen MR) is 86.0 cm³/mol. The number of rotatable bonds is 3. The quantitative estimate of drug-likeness (QED) is 0.841. The van der Waals surface area contributed by atoms with Crippen molar-refractivity contribution in [2.45, 2.75) is 51.5 Å². The van der Waals surface area contributed by atoms with Gasteiger partial charge in [0, 0.05) is 5.56 Å². The average Bonchev–Trinajstić information content (AvgIpc) is 2.42. The van der Waals surface area contributed by atoms with Crippen LogP contribution in [-0.2, 0) is 0 Å². The Labute approximate surface area is 125 Å². The summed E-state index contributed by atoms with van der Waals surface area (Å²) < 4.78 is 0. The number of aryl methyl sites for hydroxylation is 2. The molecule has 1 saturated carbocycles. The van der Waals surface area contributed by atoms with Gasteiger partial charge >= 0.3 is 0 Å². The number of hydrogen-bond acceptors (Lipinski definition) is 2. The van der Waals surface area contributed by atoms with E-state index in [0.717, 1.165) is 31.2 Å². The summed E-state index contributed by atoms with van der Waals surface area (Å²) in [4.78, 5) is 12.9. The second-order valence-corrected chi connectivity index (χ2v) is 6.20. The molecule has 0 saturated heterocycles. The van der Waals surface area contributed by atoms with Gasteiger partial charge in [-0.2, -0.15) is 0 Å². The fourth-order valence-corrected chi connectivity index (χ4v) is 3.02. The van der Waals surface area contributed by atoms with E-state index in [2.05, 4.69) is 5.32 Å². The fourth-order valence-electron chi connectivity index (χ4n) is 2.76. The third-order valence-corrected chi connectivity index (χ3v) is 4.69. The highest BCUT2D eigenvalue weighted by Crippen LogP contribution is 2.29. The SMILES string of the molecule is Cc1ccc(C(=O)NC2(C(N)=S)CCCCC2)cc1C. The van der Waals surface area contributed by atoms with Crippen molar-refractivity contribution in [1.82, 2.24) is 5.32 Å². The number of nitrogens with one attached hydrogen (secondary N) is 1. The first-order chi connectivity index (χ1) is 9.44. The first-order valence-electron chi connectivity index (χ1n) is 7.14. The van der Waals surface area contributed by atoms with Crippen LogP contribution < -0.4 is 11.1 Å². The van der Waals surface area contributed by atoms with Crippen molar-refractivity contribution in [3.05, 3.63) is 34.9 Å². The van der Waals surface area contributed by atoms with Gasteiger partial charge in [0.25, 0.3) is 5.91 Å². The maximum absolute atomic E-state index is 12.5. The van der Waals surface area contributed by atoms with E-state index in [4.69, 9.17) is 18.0 Å². The summed E-state index contributed by atoms with van der Waals surface area (Å²) in [5.74, 6) is -0.0807.